The molecule has 8 rings (SSSR count). The molecule has 2 unspecified atom stereocenters. The molecule has 3 aliphatic heterocycles. The van der Waals surface area contributed by atoms with Crippen LogP contribution < -0.4 is 9.64 Å². The zero-order valence-electron chi connectivity index (χ0n) is 22.2. The smallest absolute Gasteiger partial charge is 0.340 e. The number of benzene rings is 4. The molecule has 1 aromatic heterocycles. The number of esters is 1. The van der Waals surface area contributed by atoms with Gasteiger partial charge in [0.2, 0.25) is 0 Å². The second-order valence-electron chi connectivity index (χ2n) is 10.8. The average molecular weight is 556 g/mol. The summed E-state index contributed by atoms with van der Waals surface area (Å²) in [6.07, 6.45) is 3.58. The Balaban J connectivity index is 1.29. The third-order valence-electron chi connectivity index (χ3n) is 8.46. The highest BCUT2D eigenvalue weighted by molar-refractivity contribution is 7.18. The fourth-order valence-corrected chi connectivity index (χ4v) is 7.54. The molecule has 2 atom stereocenters. The van der Waals surface area contributed by atoms with E-state index in [1.165, 1.54) is 30.6 Å². The number of aromatic nitrogens is 1. The molecule has 0 aliphatic carbocycles. The lowest BCUT2D eigenvalue weighted by atomic mass is 9.77. The second-order valence-corrected chi connectivity index (χ2v) is 11.8. The molecule has 4 heterocycles. The van der Waals surface area contributed by atoms with Gasteiger partial charge in [0.25, 0.3) is 0 Å². The van der Waals surface area contributed by atoms with E-state index in [1.54, 1.807) is 0 Å². The highest BCUT2D eigenvalue weighted by atomic mass is 32.1. The van der Waals surface area contributed by atoms with Crippen molar-refractivity contribution in [2.24, 2.45) is 0 Å². The number of hydrogen-bond acceptors (Lipinski definition) is 7. The van der Waals surface area contributed by atoms with E-state index in [1.807, 2.05) is 72.8 Å². The topological polar surface area (TPSA) is 75.4 Å². The molecule has 200 valence electrons. The van der Waals surface area contributed by atoms with E-state index in [-0.39, 0.29) is 5.97 Å². The van der Waals surface area contributed by atoms with E-state index < -0.39 is 11.5 Å². The van der Waals surface area contributed by atoms with Crippen molar-refractivity contribution in [2.75, 3.05) is 18.0 Å². The first-order valence-electron chi connectivity index (χ1n) is 14.0. The van der Waals surface area contributed by atoms with Crippen molar-refractivity contribution in [1.29, 1.82) is 5.26 Å². The maximum atomic E-state index is 13.2. The van der Waals surface area contributed by atoms with Crippen molar-refractivity contribution in [1.82, 2.24) is 4.98 Å². The van der Waals surface area contributed by atoms with Crippen molar-refractivity contribution in [2.45, 2.75) is 30.8 Å². The molecule has 7 heteroatoms. The fourth-order valence-electron chi connectivity index (χ4n) is 6.50. The summed E-state index contributed by atoms with van der Waals surface area (Å²) in [5, 5.41) is 11.0. The summed E-state index contributed by atoms with van der Waals surface area (Å²) in [4.78, 5) is 20.4. The van der Waals surface area contributed by atoms with Crippen LogP contribution in [-0.4, -0.2) is 24.0 Å². The summed E-state index contributed by atoms with van der Waals surface area (Å²) in [7, 11) is 0. The Labute approximate surface area is 241 Å². The van der Waals surface area contributed by atoms with Crippen molar-refractivity contribution < 1.29 is 14.3 Å². The van der Waals surface area contributed by atoms with Crippen molar-refractivity contribution >= 4 is 33.2 Å². The largest absolute Gasteiger partial charge is 0.456 e. The van der Waals surface area contributed by atoms with Crippen LogP contribution in [0.2, 0.25) is 0 Å². The molecule has 1 saturated heterocycles. The zero-order valence-corrected chi connectivity index (χ0v) is 23.0. The number of carbonyl (C=O) groups is 1. The van der Waals surface area contributed by atoms with Gasteiger partial charge in [-0.05, 0) is 61.2 Å². The summed E-state index contributed by atoms with van der Waals surface area (Å²) in [5.41, 5.74) is 4.55. The van der Waals surface area contributed by atoms with Crippen LogP contribution in [0.4, 0.5) is 5.69 Å². The number of thiazole rings is 1. The molecule has 0 radical (unpaired) electrons. The van der Waals surface area contributed by atoms with Crippen LogP contribution in [0.1, 0.15) is 62.8 Å². The van der Waals surface area contributed by atoms with Crippen molar-refractivity contribution in [3.8, 4) is 17.6 Å². The zero-order chi connectivity index (χ0) is 27.6. The molecule has 0 amide bonds. The van der Waals surface area contributed by atoms with Gasteiger partial charge in [-0.25, -0.2) is 9.78 Å². The Morgan fingerprint density at radius 3 is 2.46 bits per heavy atom. The lowest BCUT2D eigenvalue weighted by Gasteiger charge is -2.38. The molecule has 0 N–H and O–H groups in total. The third-order valence-corrected chi connectivity index (χ3v) is 9.56. The molecule has 4 aromatic carbocycles. The SMILES string of the molecule is N#CC(c1ccc2c(c1)Oc1cc(N3CCCCC3)ccc1C21OC(=O)c2ccccc21)c1nc2ccccc2s1. The quantitative estimate of drug-likeness (QED) is 0.215. The Morgan fingerprint density at radius 1 is 0.878 bits per heavy atom. The molecule has 3 aliphatic rings. The second kappa shape index (κ2) is 9.18. The maximum absolute atomic E-state index is 13.2. The van der Waals surface area contributed by atoms with E-state index in [0.717, 1.165) is 56.3 Å². The number of fused-ring (bicyclic) bond motifs is 7. The first-order valence-corrected chi connectivity index (χ1v) is 14.8. The van der Waals surface area contributed by atoms with Gasteiger partial charge in [-0.15, -0.1) is 11.3 Å². The molecule has 1 fully saturated rings. The number of carbonyl (C=O) groups excluding carboxylic acids is 1. The van der Waals surface area contributed by atoms with Gasteiger partial charge in [0.05, 0.1) is 21.8 Å². The lowest BCUT2D eigenvalue weighted by molar-refractivity contribution is 0.0224. The molecule has 1 spiro atoms. The average Bonchev–Trinajstić information content (AvgIpc) is 3.57. The van der Waals surface area contributed by atoms with Crippen LogP contribution in [-0.2, 0) is 10.3 Å². The summed E-state index contributed by atoms with van der Waals surface area (Å²) >= 11 is 1.53. The summed E-state index contributed by atoms with van der Waals surface area (Å²) in [6, 6.07) is 30.0. The molecule has 0 bridgehead atoms. The number of anilines is 1. The first-order chi connectivity index (χ1) is 20.2. The Kier molecular flexibility index (Phi) is 5.41. The number of rotatable bonds is 3. The molecular formula is C34H25N3O3S. The van der Waals surface area contributed by atoms with E-state index >= 15 is 0 Å². The molecule has 6 nitrogen and oxygen atoms in total. The minimum absolute atomic E-state index is 0.354. The predicted molar refractivity (Wildman–Crippen MR) is 158 cm³/mol. The van der Waals surface area contributed by atoms with E-state index in [4.69, 9.17) is 14.5 Å². The first kappa shape index (κ1) is 24.2. The van der Waals surface area contributed by atoms with Gasteiger partial charge in [-0.1, -0.05) is 42.5 Å². The predicted octanol–water partition coefficient (Wildman–Crippen LogP) is 7.51. The van der Waals surface area contributed by atoms with Gasteiger partial charge < -0.3 is 14.4 Å². The van der Waals surface area contributed by atoms with Crippen LogP contribution in [0.3, 0.4) is 0 Å². The highest BCUT2D eigenvalue weighted by Gasteiger charge is 2.53. The molecule has 0 saturated carbocycles. The van der Waals surface area contributed by atoms with E-state index in [9.17, 15) is 10.1 Å². The summed E-state index contributed by atoms with van der Waals surface area (Å²) < 4.78 is 14.0. The fraction of sp³-hybridized carbons (Fsp3) is 0.206. The minimum Gasteiger partial charge on any atom is -0.456 e. The Bertz CT molecular complexity index is 1870. The standard InChI is InChI=1S/C34H25N3O3S/c35-20-24(32-36-28-10-4-5-11-31(28)41-32)21-12-14-26-29(18-21)39-30-19-22(37-16-6-1-7-17-37)13-15-27(30)34(26)25-9-3-2-8-23(25)33(38)40-34/h2-5,8-15,18-19,24H,1,6-7,16-17H2. The Morgan fingerprint density at radius 2 is 1.63 bits per heavy atom. The van der Waals surface area contributed by atoms with Crippen LogP contribution in [0.25, 0.3) is 10.2 Å². The van der Waals surface area contributed by atoms with Crippen LogP contribution in [0.5, 0.6) is 11.5 Å². The minimum atomic E-state index is -1.13. The molecular weight excluding hydrogens is 530 g/mol. The normalized spacial score (nSPS) is 19.6. The van der Waals surface area contributed by atoms with Gasteiger partial charge in [-0.3, -0.25) is 0 Å². The monoisotopic (exact) mass is 555 g/mol. The van der Waals surface area contributed by atoms with E-state index in [2.05, 4.69) is 23.1 Å². The van der Waals surface area contributed by atoms with E-state index in [0.29, 0.717) is 17.1 Å². The van der Waals surface area contributed by atoms with Crippen LogP contribution in [0.15, 0.2) is 84.9 Å². The summed E-state index contributed by atoms with van der Waals surface area (Å²) in [6.45, 7) is 2.02. The third kappa shape index (κ3) is 3.61. The molecule has 41 heavy (non-hydrogen) atoms. The van der Waals surface area contributed by atoms with Gasteiger partial charge in [-0.2, -0.15) is 5.26 Å². The van der Waals surface area contributed by atoms with Gasteiger partial charge in [0, 0.05) is 41.5 Å². The lowest BCUT2D eigenvalue weighted by Crippen LogP contribution is -2.34. The van der Waals surface area contributed by atoms with Gasteiger partial charge >= 0.3 is 5.97 Å². The molecule has 5 aromatic rings. The number of piperidine rings is 1. The van der Waals surface area contributed by atoms with Crippen LogP contribution >= 0.6 is 11.3 Å². The van der Waals surface area contributed by atoms with Crippen molar-refractivity contribution in [3.63, 3.8) is 0 Å². The Hall–Kier alpha value is -4.67. The van der Waals surface area contributed by atoms with Crippen LogP contribution in [0, 0.1) is 11.3 Å². The maximum Gasteiger partial charge on any atom is 0.340 e. The summed E-state index contributed by atoms with van der Waals surface area (Å²) in [5.74, 6) is 0.331. The van der Waals surface area contributed by atoms with Gasteiger partial charge in [0.15, 0.2) is 5.60 Å². The number of nitriles is 1. The number of nitrogens with zero attached hydrogens (tertiary/aromatic N) is 3. The number of para-hydroxylation sites is 1. The number of hydrogen-bond donors (Lipinski definition) is 0. The number of ether oxygens (including phenoxy) is 2. The van der Waals surface area contributed by atoms with Gasteiger partial charge in [0.1, 0.15) is 22.4 Å². The highest BCUT2D eigenvalue weighted by Crippen LogP contribution is 2.57. The van der Waals surface area contributed by atoms with Crippen molar-refractivity contribution in [3.05, 3.63) is 118 Å².